The fraction of sp³-hybridized carbons (Fsp3) is 0.391. The van der Waals surface area contributed by atoms with Crippen LogP contribution in [0.15, 0.2) is 47.7 Å². The van der Waals surface area contributed by atoms with Gasteiger partial charge >= 0.3 is 0 Å². The molecule has 0 bridgehead atoms. The van der Waals surface area contributed by atoms with Gasteiger partial charge in [-0.25, -0.2) is 9.97 Å². The zero-order valence-electron chi connectivity index (χ0n) is 18.8. The molecule has 0 aromatic carbocycles. The number of carbonyl (C=O) groups excluding carboxylic acids is 1. The largest absolute Gasteiger partial charge is 0.377 e. The number of pyridine rings is 2. The Morgan fingerprint density at radius 2 is 1.82 bits per heavy atom. The van der Waals surface area contributed by atoms with Crippen LogP contribution in [-0.2, 0) is 4.74 Å². The Bertz CT molecular complexity index is 1210. The van der Waals surface area contributed by atoms with E-state index in [1.165, 1.54) is 6.20 Å². The van der Waals surface area contributed by atoms with Crippen molar-refractivity contribution in [1.29, 1.82) is 0 Å². The monoisotopic (exact) mass is 462 g/mol. The number of ether oxygens (including phenoxy) is 1. The lowest BCUT2D eigenvalue weighted by atomic mass is 10.2. The van der Waals surface area contributed by atoms with Crippen LogP contribution in [0.5, 0.6) is 0 Å². The van der Waals surface area contributed by atoms with Crippen LogP contribution in [-0.4, -0.2) is 62.0 Å². The minimum Gasteiger partial charge on any atom is -0.377 e. The Morgan fingerprint density at radius 1 is 1.00 bits per heavy atom. The molecule has 1 saturated heterocycles. The fourth-order valence-electron chi connectivity index (χ4n) is 4.07. The van der Waals surface area contributed by atoms with Crippen molar-refractivity contribution >= 4 is 17.7 Å². The van der Waals surface area contributed by atoms with Gasteiger partial charge in [-0.2, -0.15) is 0 Å². The van der Waals surface area contributed by atoms with E-state index in [0.29, 0.717) is 19.2 Å². The van der Waals surface area contributed by atoms with Gasteiger partial charge in [0.05, 0.1) is 37.3 Å². The first kappa shape index (κ1) is 22.0. The van der Waals surface area contributed by atoms with Gasteiger partial charge < -0.3 is 20.7 Å². The Balaban J connectivity index is 1.13. The first-order valence-electron chi connectivity index (χ1n) is 11.3. The first-order valence-corrected chi connectivity index (χ1v) is 11.3. The van der Waals surface area contributed by atoms with Crippen LogP contribution in [0, 0.1) is 6.92 Å². The molecule has 0 spiro atoms. The van der Waals surface area contributed by atoms with E-state index in [2.05, 4.69) is 36.1 Å². The molecule has 3 N–H and O–H groups in total. The van der Waals surface area contributed by atoms with Crippen LogP contribution < -0.4 is 21.5 Å². The summed E-state index contributed by atoms with van der Waals surface area (Å²) in [5.74, 6) is 0.872. The van der Waals surface area contributed by atoms with Crippen molar-refractivity contribution in [2.45, 2.75) is 44.3 Å². The summed E-state index contributed by atoms with van der Waals surface area (Å²) in [5.41, 5.74) is 1.84. The number of carbonyl (C=O) groups is 1. The minimum absolute atomic E-state index is 0.0335. The van der Waals surface area contributed by atoms with E-state index in [4.69, 9.17) is 4.74 Å². The molecule has 0 radical (unpaired) electrons. The molecule has 2 atom stereocenters. The lowest BCUT2D eigenvalue weighted by molar-refractivity contribution is -0.00357. The molecule has 1 amide bonds. The van der Waals surface area contributed by atoms with E-state index < -0.39 is 0 Å². The van der Waals surface area contributed by atoms with Gasteiger partial charge in [0, 0.05) is 24.3 Å². The van der Waals surface area contributed by atoms with Crippen molar-refractivity contribution in [2.24, 2.45) is 0 Å². The quantitative estimate of drug-likeness (QED) is 0.475. The molecule has 1 aliphatic heterocycles. The van der Waals surface area contributed by atoms with Gasteiger partial charge in [0.25, 0.3) is 11.5 Å². The SMILES string of the molecule is Cc1ccc(=O)n(-c2ccc(N[C@H]3CC[C@H](Nc4ncc(C(=O)NC5COC5)nn4)C3)nc2)c1. The standard InChI is InChI=1S/C23H26N8O3/c1-14-2-7-21(32)31(11-14)18-5-6-20(24-9-18)26-15-3-4-16(8-15)28-23-25-10-19(29-30-23)22(33)27-17-12-34-13-17/h2,5-7,9-11,15-17H,3-4,8,12-13H2,1H3,(H,24,26)(H,27,33)(H,25,28,30)/t15-,16-/m0/s1. The number of aryl methyl sites for hydroxylation is 1. The van der Waals surface area contributed by atoms with Gasteiger partial charge in [0.15, 0.2) is 5.69 Å². The van der Waals surface area contributed by atoms with E-state index >= 15 is 0 Å². The van der Waals surface area contributed by atoms with Crippen molar-refractivity contribution in [1.82, 2.24) is 30.0 Å². The van der Waals surface area contributed by atoms with E-state index in [1.807, 2.05) is 19.1 Å². The Hall–Kier alpha value is -3.86. The van der Waals surface area contributed by atoms with Crippen LogP contribution in [0.3, 0.4) is 0 Å². The molecule has 11 heteroatoms. The van der Waals surface area contributed by atoms with Crippen molar-refractivity contribution in [3.63, 3.8) is 0 Å². The number of anilines is 2. The summed E-state index contributed by atoms with van der Waals surface area (Å²) >= 11 is 0. The maximum atomic E-state index is 12.1. The van der Waals surface area contributed by atoms with E-state index in [-0.39, 0.29) is 35.3 Å². The fourth-order valence-corrected chi connectivity index (χ4v) is 4.07. The smallest absolute Gasteiger partial charge is 0.273 e. The Labute approximate surface area is 196 Å². The zero-order valence-corrected chi connectivity index (χ0v) is 18.8. The molecule has 5 rings (SSSR count). The van der Waals surface area contributed by atoms with E-state index in [9.17, 15) is 9.59 Å². The number of nitrogens with zero attached hydrogens (tertiary/aromatic N) is 5. The molecule has 2 fully saturated rings. The third-order valence-corrected chi connectivity index (χ3v) is 5.97. The first-order chi connectivity index (χ1) is 16.5. The van der Waals surface area contributed by atoms with Crippen LogP contribution >= 0.6 is 0 Å². The normalized spacial score (nSPS) is 19.9. The van der Waals surface area contributed by atoms with Crippen molar-refractivity contribution < 1.29 is 9.53 Å². The highest BCUT2D eigenvalue weighted by molar-refractivity contribution is 5.92. The number of nitrogens with one attached hydrogen (secondary N) is 3. The van der Waals surface area contributed by atoms with Crippen molar-refractivity contribution in [2.75, 3.05) is 23.8 Å². The predicted molar refractivity (Wildman–Crippen MR) is 125 cm³/mol. The summed E-state index contributed by atoms with van der Waals surface area (Å²) in [6.07, 6.45) is 7.72. The minimum atomic E-state index is -0.296. The van der Waals surface area contributed by atoms with Crippen LogP contribution in [0.25, 0.3) is 5.69 Å². The molecule has 1 aliphatic carbocycles. The third-order valence-electron chi connectivity index (χ3n) is 5.97. The van der Waals surface area contributed by atoms with Gasteiger partial charge in [0.1, 0.15) is 5.82 Å². The average Bonchev–Trinajstić information content (AvgIpc) is 3.25. The number of hydrogen-bond acceptors (Lipinski definition) is 9. The number of rotatable bonds is 7. The van der Waals surface area contributed by atoms with Gasteiger partial charge in [-0.1, -0.05) is 6.07 Å². The predicted octanol–water partition coefficient (Wildman–Crippen LogP) is 1.30. The second-order valence-electron chi connectivity index (χ2n) is 8.69. The summed E-state index contributed by atoms with van der Waals surface area (Å²) in [6.45, 7) is 2.99. The highest BCUT2D eigenvalue weighted by atomic mass is 16.5. The molecule has 11 nitrogen and oxygen atoms in total. The van der Waals surface area contributed by atoms with Crippen LogP contribution in [0.1, 0.15) is 35.3 Å². The molecular formula is C23H26N8O3. The number of amides is 1. The molecule has 4 heterocycles. The molecule has 3 aromatic rings. The third kappa shape index (κ3) is 5.04. The lowest BCUT2D eigenvalue weighted by Crippen LogP contribution is -2.48. The van der Waals surface area contributed by atoms with E-state index in [0.717, 1.165) is 36.3 Å². The Morgan fingerprint density at radius 3 is 2.50 bits per heavy atom. The van der Waals surface area contributed by atoms with Gasteiger partial charge in [-0.15, -0.1) is 10.2 Å². The zero-order chi connectivity index (χ0) is 23.5. The maximum Gasteiger partial charge on any atom is 0.273 e. The summed E-state index contributed by atoms with van der Waals surface area (Å²) in [4.78, 5) is 32.9. The highest BCUT2D eigenvalue weighted by Gasteiger charge is 2.26. The summed E-state index contributed by atoms with van der Waals surface area (Å²) in [7, 11) is 0. The van der Waals surface area contributed by atoms with E-state index in [1.54, 1.807) is 29.1 Å². The molecule has 34 heavy (non-hydrogen) atoms. The summed E-state index contributed by atoms with van der Waals surface area (Å²) in [5, 5.41) is 17.6. The average molecular weight is 463 g/mol. The van der Waals surface area contributed by atoms with Crippen LogP contribution in [0.4, 0.5) is 11.8 Å². The van der Waals surface area contributed by atoms with Crippen molar-refractivity contribution in [3.05, 3.63) is 64.5 Å². The molecule has 2 aliphatic rings. The molecule has 1 saturated carbocycles. The summed E-state index contributed by atoms with van der Waals surface area (Å²) in [6, 6.07) is 7.60. The maximum absolute atomic E-state index is 12.1. The molecule has 176 valence electrons. The van der Waals surface area contributed by atoms with Gasteiger partial charge in [-0.3, -0.25) is 14.2 Å². The second kappa shape index (κ2) is 9.56. The van der Waals surface area contributed by atoms with Crippen molar-refractivity contribution in [3.8, 4) is 5.69 Å². The Kier molecular flexibility index (Phi) is 6.17. The summed E-state index contributed by atoms with van der Waals surface area (Å²) < 4.78 is 6.63. The highest BCUT2D eigenvalue weighted by Crippen LogP contribution is 2.24. The second-order valence-corrected chi connectivity index (χ2v) is 8.69. The molecular weight excluding hydrogens is 436 g/mol. The molecule has 3 aromatic heterocycles. The number of hydrogen-bond donors (Lipinski definition) is 3. The molecule has 0 unspecified atom stereocenters. The van der Waals surface area contributed by atoms with Crippen LogP contribution in [0.2, 0.25) is 0 Å². The van der Waals surface area contributed by atoms with Gasteiger partial charge in [-0.05, 0) is 43.9 Å². The topological polar surface area (TPSA) is 136 Å². The number of aromatic nitrogens is 5. The lowest BCUT2D eigenvalue weighted by Gasteiger charge is -2.26. The van der Waals surface area contributed by atoms with Gasteiger partial charge in [0.2, 0.25) is 5.95 Å².